The molecule has 0 saturated carbocycles. The highest BCUT2D eigenvalue weighted by Crippen LogP contribution is 2.31. The van der Waals surface area contributed by atoms with Gasteiger partial charge >= 0.3 is 6.03 Å². The first-order chi connectivity index (χ1) is 11.1. The lowest BCUT2D eigenvalue weighted by molar-refractivity contribution is -0.121. The van der Waals surface area contributed by atoms with Crippen LogP contribution in [0.4, 0.5) is 9.18 Å². The summed E-state index contributed by atoms with van der Waals surface area (Å²) in [5.41, 5.74) is 0.987. The summed E-state index contributed by atoms with van der Waals surface area (Å²) in [5, 5.41) is 4.83. The van der Waals surface area contributed by atoms with E-state index in [9.17, 15) is 14.0 Å². The molecule has 2 N–H and O–H groups in total. The van der Waals surface area contributed by atoms with Crippen molar-refractivity contribution in [3.63, 3.8) is 0 Å². The summed E-state index contributed by atoms with van der Waals surface area (Å²) in [6.45, 7) is 1.65. The van der Waals surface area contributed by atoms with E-state index in [4.69, 9.17) is 4.74 Å². The molecule has 1 saturated heterocycles. The summed E-state index contributed by atoms with van der Waals surface area (Å²) in [6, 6.07) is 5.90. The smallest absolute Gasteiger partial charge is 0.321 e. The lowest BCUT2D eigenvalue weighted by Crippen LogP contribution is -2.45. The number of carbonyl (C=O) groups excluding carboxylic acids is 2. The van der Waals surface area contributed by atoms with Gasteiger partial charge in [0.25, 0.3) is 0 Å². The molecule has 7 heteroatoms. The Morgan fingerprint density at radius 2 is 2.09 bits per heavy atom. The molecule has 126 valence electrons. The predicted molar refractivity (Wildman–Crippen MR) is 83.4 cm³/mol. The van der Waals surface area contributed by atoms with Gasteiger partial charge in [0.2, 0.25) is 5.91 Å². The first kappa shape index (κ1) is 17.4. The van der Waals surface area contributed by atoms with Gasteiger partial charge < -0.3 is 10.1 Å². The molecular formula is C16H22FN3O3. The SMILES string of the molecule is COCCNC(=O)NC(=O)CN1CCCC1c1ccc(F)cc1. The summed E-state index contributed by atoms with van der Waals surface area (Å²) in [7, 11) is 1.54. The summed E-state index contributed by atoms with van der Waals surface area (Å²) in [4.78, 5) is 25.5. The number of ether oxygens (including phenoxy) is 1. The van der Waals surface area contributed by atoms with Crippen molar-refractivity contribution < 1.29 is 18.7 Å². The zero-order chi connectivity index (χ0) is 16.7. The number of halogens is 1. The number of hydrogen-bond donors (Lipinski definition) is 2. The standard InChI is InChI=1S/C16H22FN3O3/c1-23-10-8-18-16(22)19-15(21)11-20-9-2-3-14(20)12-4-6-13(17)7-5-12/h4-7,14H,2-3,8-11H2,1H3,(H2,18,19,21,22). The minimum Gasteiger partial charge on any atom is -0.383 e. The Bertz CT molecular complexity index is 536. The van der Waals surface area contributed by atoms with Crippen LogP contribution in [0.5, 0.6) is 0 Å². The average Bonchev–Trinajstić information content (AvgIpc) is 2.96. The molecule has 1 aliphatic rings. The second-order valence-corrected chi connectivity index (χ2v) is 5.48. The number of nitrogens with zero attached hydrogens (tertiary/aromatic N) is 1. The zero-order valence-corrected chi connectivity index (χ0v) is 13.2. The van der Waals surface area contributed by atoms with Crippen molar-refractivity contribution in [2.75, 3.05) is 33.4 Å². The van der Waals surface area contributed by atoms with E-state index < -0.39 is 6.03 Å². The maximum atomic E-state index is 13.0. The second-order valence-electron chi connectivity index (χ2n) is 5.48. The third-order valence-electron chi connectivity index (χ3n) is 3.81. The monoisotopic (exact) mass is 323 g/mol. The Morgan fingerprint density at radius 3 is 2.78 bits per heavy atom. The van der Waals surface area contributed by atoms with Crippen LogP contribution in [-0.2, 0) is 9.53 Å². The van der Waals surface area contributed by atoms with Gasteiger partial charge in [0, 0.05) is 19.7 Å². The van der Waals surface area contributed by atoms with E-state index in [1.807, 2.05) is 4.90 Å². The molecule has 1 aromatic carbocycles. The minimum absolute atomic E-state index is 0.0814. The number of rotatable bonds is 6. The van der Waals surface area contributed by atoms with E-state index in [1.165, 1.54) is 19.2 Å². The van der Waals surface area contributed by atoms with Gasteiger partial charge in [-0.2, -0.15) is 0 Å². The van der Waals surface area contributed by atoms with Crippen molar-refractivity contribution in [2.24, 2.45) is 0 Å². The van der Waals surface area contributed by atoms with E-state index >= 15 is 0 Å². The molecule has 1 fully saturated rings. The molecule has 1 atom stereocenters. The summed E-state index contributed by atoms with van der Waals surface area (Å²) in [6.07, 6.45) is 1.88. The topological polar surface area (TPSA) is 70.7 Å². The summed E-state index contributed by atoms with van der Waals surface area (Å²) < 4.78 is 17.8. The maximum Gasteiger partial charge on any atom is 0.321 e. The molecular weight excluding hydrogens is 301 g/mol. The van der Waals surface area contributed by atoms with Crippen molar-refractivity contribution in [3.05, 3.63) is 35.6 Å². The largest absolute Gasteiger partial charge is 0.383 e. The number of nitrogens with one attached hydrogen (secondary N) is 2. The van der Waals surface area contributed by atoms with Gasteiger partial charge in [-0.05, 0) is 37.1 Å². The molecule has 1 unspecified atom stereocenters. The maximum absolute atomic E-state index is 13.0. The van der Waals surface area contributed by atoms with Crippen molar-refractivity contribution in [3.8, 4) is 0 Å². The molecule has 0 aromatic heterocycles. The van der Waals surface area contributed by atoms with Crippen LogP contribution in [0, 0.1) is 5.82 Å². The van der Waals surface area contributed by atoms with Crippen LogP contribution in [0.3, 0.4) is 0 Å². The third-order valence-corrected chi connectivity index (χ3v) is 3.81. The predicted octanol–water partition coefficient (Wildman–Crippen LogP) is 1.43. The van der Waals surface area contributed by atoms with Gasteiger partial charge in [0.15, 0.2) is 0 Å². The highest BCUT2D eigenvalue weighted by Gasteiger charge is 2.27. The number of likely N-dealkylation sites (tertiary alicyclic amines) is 1. The Morgan fingerprint density at radius 1 is 1.35 bits per heavy atom. The normalized spacial score (nSPS) is 17.9. The lowest BCUT2D eigenvalue weighted by Gasteiger charge is -2.24. The minimum atomic E-state index is -0.524. The molecule has 1 aliphatic heterocycles. The molecule has 1 aromatic rings. The summed E-state index contributed by atoms with van der Waals surface area (Å²) in [5.74, 6) is -0.627. The molecule has 23 heavy (non-hydrogen) atoms. The van der Waals surface area contributed by atoms with Crippen molar-refractivity contribution in [2.45, 2.75) is 18.9 Å². The van der Waals surface area contributed by atoms with Crippen LogP contribution in [0.1, 0.15) is 24.4 Å². The molecule has 1 heterocycles. The number of urea groups is 1. The third kappa shape index (κ3) is 5.30. The van der Waals surface area contributed by atoms with Crippen molar-refractivity contribution >= 4 is 11.9 Å². The fourth-order valence-corrected chi connectivity index (χ4v) is 2.74. The number of benzene rings is 1. The summed E-state index contributed by atoms with van der Waals surface area (Å²) >= 11 is 0. The Balaban J connectivity index is 1.84. The highest BCUT2D eigenvalue weighted by molar-refractivity contribution is 5.95. The van der Waals surface area contributed by atoms with Gasteiger partial charge in [0.05, 0.1) is 13.2 Å². The molecule has 3 amide bonds. The van der Waals surface area contributed by atoms with Crippen LogP contribution in [0.15, 0.2) is 24.3 Å². The van der Waals surface area contributed by atoms with Crippen molar-refractivity contribution in [1.29, 1.82) is 0 Å². The first-order valence-electron chi connectivity index (χ1n) is 7.66. The van der Waals surface area contributed by atoms with Crippen LogP contribution >= 0.6 is 0 Å². The number of amides is 3. The van der Waals surface area contributed by atoms with Gasteiger partial charge in [-0.3, -0.25) is 15.0 Å². The van der Waals surface area contributed by atoms with Crippen LogP contribution in [0.25, 0.3) is 0 Å². The van der Waals surface area contributed by atoms with Gasteiger partial charge in [0.1, 0.15) is 5.82 Å². The van der Waals surface area contributed by atoms with E-state index in [0.29, 0.717) is 13.2 Å². The van der Waals surface area contributed by atoms with Crippen LogP contribution in [-0.4, -0.2) is 50.2 Å². The van der Waals surface area contributed by atoms with E-state index in [0.717, 1.165) is 24.9 Å². The van der Waals surface area contributed by atoms with Crippen LogP contribution < -0.4 is 10.6 Å². The fraction of sp³-hybridized carbons (Fsp3) is 0.500. The number of methoxy groups -OCH3 is 1. The van der Waals surface area contributed by atoms with E-state index in [2.05, 4.69) is 10.6 Å². The fourth-order valence-electron chi connectivity index (χ4n) is 2.74. The van der Waals surface area contributed by atoms with Crippen molar-refractivity contribution in [1.82, 2.24) is 15.5 Å². The molecule has 2 rings (SSSR count). The number of imide groups is 1. The highest BCUT2D eigenvalue weighted by atomic mass is 19.1. The lowest BCUT2D eigenvalue weighted by atomic mass is 10.0. The molecule has 0 spiro atoms. The Hall–Kier alpha value is -1.99. The number of hydrogen-bond acceptors (Lipinski definition) is 4. The van der Waals surface area contributed by atoms with Gasteiger partial charge in [-0.25, -0.2) is 9.18 Å². The average molecular weight is 323 g/mol. The molecule has 0 radical (unpaired) electrons. The van der Waals surface area contributed by atoms with Gasteiger partial charge in [-0.1, -0.05) is 12.1 Å². The number of carbonyl (C=O) groups is 2. The van der Waals surface area contributed by atoms with Gasteiger partial charge in [-0.15, -0.1) is 0 Å². The second kappa shape index (κ2) is 8.59. The van der Waals surface area contributed by atoms with E-state index in [-0.39, 0.29) is 24.3 Å². The van der Waals surface area contributed by atoms with Crippen LogP contribution in [0.2, 0.25) is 0 Å². The molecule has 6 nitrogen and oxygen atoms in total. The quantitative estimate of drug-likeness (QED) is 0.777. The molecule has 0 bridgehead atoms. The Kier molecular flexibility index (Phi) is 6.49. The molecule has 0 aliphatic carbocycles. The van der Waals surface area contributed by atoms with E-state index in [1.54, 1.807) is 12.1 Å². The first-order valence-corrected chi connectivity index (χ1v) is 7.66. The zero-order valence-electron chi connectivity index (χ0n) is 13.2. The Labute approximate surface area is 135 Å².